The average molecular weight is 507 g/mol. The first kappa shape index (κ1) is 25.1. The van der Waals surface area contributed by atoms with Gasteiger partial charge in [0, 0.05) is 22.8 Å². The fourth-order valence-electron chi connectivity index (χ4n) is 4.38. The zero-order chi connectivity index (χ0) is 25.2. The molecule has 0 saturated carbocycles. The second kappa shape index (κ2) is 9.94. The molecular formula is C25H29F3N2O4Si. The Balaban J connectivity index is 1.62. The van der Waals surface area contributed by atoms with Gasteiger partial charge in [-0.15, -0.1) is 13.2 Å². The average Bonchev–Trinajstić information content (AvgIpc) is 3.16. The van der Waals surface area contributed by atoms with E-state index in [1.165, 1.54) is 12.1 Å². The minimum Gasteiger partial charge on any atom is -0.445 e. The van der Waals surface area contributed by atoms with Gasteiger partial charge in [0.05, 0.1) is 27.3 Å². The minimum absolute atomic E-state index is 0.162. The molecule has 10 heteroatoms. The van der Waals surface area contributed by atoms with E-state index in [1.54, 1.807) is 11.0 Å². The molecule has 1 saturated heterocycles. The normalized spacial score (nSPS) is 17.0. The van der Waals surface area contributed by atoms with Crippen LogP contribution in [0.2, 0.25) is 19.6 Å². The Morgan fingerprint density at radius 1 is 1.17 bits per heavy atom. The summed E-state index contributed by atoms with van der Waals surface area (Å²) in [4.78, 5) is 18.1. The van der Waals surface area contributed by atoms with Gasteiger partial charge in [-0.05, 0) is 35.7 Å². The summed E-state index contributed by atoms with van der Waals surface area (Å²) >= 11 is 0. The summed E-state index contributed by atoms with van der Waals surface area (Å²) in [6.07, 6.45) is -4.78. The Morgan fingerprint density at radius 3 is 2.60 bits per heavy atom. The lowest BCUT2D eigenvalue weighted by molar-refractivity contribution is -0.274. The molecule has 1 aliphatic heterocycles. The highest BCUT2D eigenvalue weighted by molar-refractivity contribution is 6.88. The molecule has 0 bridgehead atoms. The lowest BCUT2D eigenvalue weighted by atomic mass is 10.0. The van der Waals surface area contributed by atoms with Crippen LogP contribution in [0.3, 0.4) is 0 Å². The van der Waals surface area contributed by atoms with Crippen LogP contribution in [-0.4, -0.2) is 56.2 Å². The van der Waals surface area contributed by atoms with Gasteiger partial charge in [-0.2, -0.15) is 0 Å². The number of nitrogens with zero attached hydrogens (tertiary/aromatic N) is 1. The number of halogens is 3. The minimum atomic E-state index is -4.78. The van der Waals surface area contributed by atoms with Crippen molar-refractivity contribution in [1.29, 1.82) is 0 Å². The summed E-state index contributed by atoms with van der Waals surface area (Å²) in [6, 6.07) is 13.4. The molecule has 6 nitrogen and oxygen atoms in total. The van der Waals surface area contributed by atoms with Gasteiger partial charge in [0.25, 0.3) is 0 Å². The topological polar surface area (TPSA) is 63.8 Å². The van der Waals surface area contributed by atoms with Crippen molar-refractivity contribution in [2.45, 2.75) is 45.1 Å². The number of H-pyrrole nitrogens is 1. The van der Waals surface area contributed by atoms with Crippen LogP contribution in [0.4, 0.5) is 18.0 Å². The SMILES string of the molecule is C[Si](C)(C)c1[nH]c2ccc(OC(F)(F)F)cc2c1C[C@H]1COCCN1C(=O)OCc1ccccc1. The van der Waals surface area contributed by atoms with Crippen molar-refractivity contribution in [1.82, 2.24) is 9.88 Å². The third-order valence-corrected chi connectivity index (χ3v) is 7.89. The Labute approximate surface area is 203 Å². The van der Waals surface area contributed by atoms with E-state index in [0.29, 0.717) is 31.6 Å². The summed E-state index contributed by atoms with van der Waals surface area (Å²) in [6.45, 7) is 7.75. The van der Waals surface area contributed by atoms with Gasteiger partial charge in [0.15, 0.2) is 0 Å². The maximum absolute atomic E-state index is 13.0. The molecule has 1 aromatic heterocycles. The van der Waals surface area contributed by atoms with Crippen molar-refractivity contribution < 1.29 is 32.2 Å². The van der Waals surface area contributed by atoms with Crippen LogP contribution in [0, 0.1) is 0 Å². The number of morpholine rings is 1. The molecule has 1 N–H and O–H groups in total. The lowest BCUT2D eigenvalue weighted by Crippen LogP contribution is -2.51. The zero-order valence-electron chi connectivity index (χ0n) is 19.9. The van der Waals surface area contributed by atoms with Crippen molar-refractivity contribution in [2.75, 3.05) is 19.8 Å². The highest BCUT2D eigenvalue weighted by Gasteiger charge is 2.34. The molecule has 3 aromatic rings. The van der Waals surface area contributed by atoms with E-state index in [2.05, 4.69) is 29.4 Å². The van der Waals surface area contributed by atoms with Crippen LogP contribution in [-0.2, 0) is 22.5 Å². The zero-order valence-corrected chi connectivity index (χ0v) is 20.9. The van der Waals surface area contributed by atoms with Gasteiger partial charge >= 0.3 is 12.5 Å². The molecule has 2 aromatic carbocycles. The predicted octanol–water partition coefficient (Wildman–Crippen LogP) is 5.19. The number of rotatable bonds is 6. The molecule has 0 unspecified atom stereocenters. The maximum atomic E-state index is 13.0. The van der Waals surface area contributed by atoms with E-state index in [0.717, 1.165) is 22.0 Å². The van der Waals surface area contributed by atoms with E-state index >= 15 is 0 Å². The lowest BCUT2D eigenvalue weighted by Gasteiger charge is -2.35. The van der Waals surface area contributed by atoms with Crippen molar-refractivity contribution in [3.05, 3.63) is 59.7 Å². The predicted molar refractivity (Wildman–Crippen MR) is 130 cm³/mol. The molecule has 0 spiro atoms. The third kappa shape index (κ3) is 6.18. The first-order valence-electron chi connectivity index (χ1n) is 11.5. The number of hydrogen-bond donors (Lipinski definition) is 1. The standard InChI is InChI=1S/C25H29F3N2O4Si/c1-35(2,3)23-21(20-14-19(34-25(26,27)28)9-10-22(20)29-23)13-18-16-32-12-11-30(18)24(31)33-15-17-7-5-4-6-8-17/h4-10,14,18,29H,11-13,15-16H2,1-3H3/t18-/m0/s1. The Morgan fingerprint density at radius 2 is 1.91 bits per heavy atom. The van der Waals surface area contributed by atoms with Crippen LogP contribution in [0.15, 0.2) is 48.5 Å². The number of nitrogens with one attached hydrogen (secondary N) is 1. The van der Waals surface area contributed by atoms with Gasteiger partial charge in [-0.1, -0.05) is 50.0 Å². The second-order valence-electron chi connectivity index (χ2n) is 9.65. The van der Waals surface area contributed by atoms with Crippen LogP contribution < -0.4 is 10.1 Å². The number of hydrogen-bond acceptors (Lipinski definition) is 4. The molecule has 1 atom stereocenters. The third-order valence-electron chi connectivity index (χ3n) is 5.97. The molecule has 1 aliphatic rings. The van der Waals surface area contributed by atoms with Gasteiger partial charge in [-0.25, -0.2) is 4.79 Å². The molecule has 35 heavy (non-hydrogen) atoms. The summed E-state index contributed by atoms with van der Waals surface area (Å²) in [5.41, 5.74) is 2.52. The molecule has 0 aliphatic carbocycles. The van der Waals surface area contributed by atoms with E-state index in [4.69, 9.17) is 9.47 Å². The largest absolute Gasteiger partial charge is 0.573 e. The molecule has 1 fully saturated rings. The fraction of sp³-hybridized carbons (Fsp3) is 0.400. The highest BCUT2D eigenvalue weighted by Crippen LogP contribution is 2.30. The van der Waals surface area contributed by atoms with Crippen molar-refractivity contribution in [2.24, 2.45) is 0 Å². The summed E-state index contributed by atoms with van der Waals surface area (Å²) < 4.78 is 54.0. The van der Waals surface area contributed by atoms with E-state index < -0.39 is 20.5 Å². The number of alkyl halides is 3. The van der Waals surface area contributed by atoms with Crippen molar-refractivity contribution in [3.8, 4) is 5.75 Å². The summed E-state index contributed by atoms with van der Waals surface area (Å²) in [5, 5.41) is 1.69. The number of aromatic nitrogens is 1. The van der Waals surface area contributed by atoms with Crippen LogP contribution in [0.1, 0.15) is 11.1 Å². The summed E-state index contributed by atoms with van der Waals surface area (Å²) in [7, 11) is -1.91. The van der Waals surface area contributed by atoms with Gasteiger partial charge in [0.1, 0.15) is 12.4 Å². The van der Waals surface area contributed by atoms with Crippen LogP contribution in [0.5, 0.6) is 5.75 Å². The smallest absolute Gasteiger partial charge is 0.445 e. The molecule has 188 valence electrons. The molecule has 0 radical (unpaired) electrons. The first-order chi connectivity index (χ1) is 16.5. The van der Waals surface area contributed by atoms with Gasteiger partial charge in [-0.3, -0.25) is 0 Å². The van der Waals surface area contributed by atoms with Crippen molar-refractivity contribution >= 4 is 30.4 Å². The highest BCUT2D eigenvalue weighted by atomic mass is 28.3. The maximum Gasteiger partial charge on any atom is 0.573 e. The monoisotopic (exact) mass is 506 g/mol. The number of carbonyl (C=O) groups is 1. The van der Waals surface area contributed by atoms with Gasteiger partial charge < -0.3 is 24.1 Å². The Hall–Kier alpha value is -2.98. The number of benzene rings is 2. The van der Waals surface area contributed by atoms with Crippen LogP contribution in [0.25, 0.3) is 10.9 Å². The molecule has 4 rings (SSSR count). The molecular weight excluding hydrogens is 477 g/mol. The Bertz CT molecular complexity index is 1180. The number of fused-ring (bicyclic) bond motifs is 1. The number of carbonyl (C=O) groups excluding carboxylic acids is 1. The number of aromatic amines is 1. The molecule has 2 heterocycles. The first-order valence-corrected chi connectivity index (χ1v) is 15.0. The number of ether oxygens (including phenoxy) is 3. The summed E-state index contributed by atoms with van der Waals surface area (Å²) in [5.74, 6) is -0.272. The van der Waals surface area contributed by atoms with Gasteiger partial charge in [0.2, 0.25) is 0 Å². The van der Waals surface area contributed by atoms with E-state index in [9.17, 15) is 18.0 Å². The molecule has 1 amide bonds. The number of amides is 1. The van der Waals surface area contributed by atoms with Crippen molar-refractivity contribution in [3.63, 3.8) is 0 Å². The van der Waals surface area contributed by atoms with E-state index in [-0.39, 0.29) is 18.4 Å². The quantitative estimate of drug-likeness (QED) is 0.468. The second-order valence-corrected chi connectivity index (χ2v) is 14.7. The fourth-order valence-corrected chi connectivity index (χ4v) is 6.03. The van der Waals surface area contributed by atoms with E-state index in [1.807, 2.05) is 30.3 Å². The Kier molecular flexibility index (Phi) is 7.14. The van der Waals surface area contributed by atoms with Crippen LogP contribution >= 0.6 is 0 Å².